The van der Waals surface area contributed by atoms with Gasteiger partial charge in [-0.1, -0.05) is 30.3 Å². The van der Waals surface area contributed by atoms with E-state index in [4.69, 9.17) is 0 Å². The second-order valence-electron chi connectivity index (χ2n) is 4.40. The van der Waals surface area contributed by atoms with E-state index in [0.29, 0.717) is 0 Å². The number of fused-ring (bicyclic) bond motifs is 1. The first kappa shape index (κ1) is 14.6. The molecule has 1 unspecified atom stereocenters. The molecule has 0 aromatic heterocycles. The molecule has 0 radical (unpaired) electrons. The molecule has 19 heavy (non-hydrogen) atoms. The minimum absolute atomic E-state index is 0.344. The van der Waals surface area contributed by atoms with Crippen LogP contribution in [0.2, 0.25) is 0 Å². The van der Waals surface area contributed by atoms with E-state index in [1.807, 2.05) is 36.4 Å². The van der Waals surface area contributed by atoms with Crippen LogP contribution in [-0.4, -0.2) is 12.7 Å². The van der Waals surface area contributed by atoms with Crippen LogP contribution in [0.5, 0.6) is 0 Å². The van der Waals surface area contributed by atoms with Gasteiger partial charge in [0.05, 0.1) is 6.54 Å². The van der Waals surface area contributed by atoms with Crippen molar-refractivity contribution in [1.82, 2.24) is 5.32 Å². The van der Waals surface area contributed by atoms with Gasteiger partial charge in [-0.3, -0.25) is 0 Å². The van der Waals surface area contributed by atoms with Crippen molar-refractivity contribution in [3.05, 3.63) is 45.5 Å². The van der Waals surface area contributed by atoms with Crippen molar-refractivity contribution in [3.8, 4) is 0 Å². The zero-order chi connectivity index (χ0) is 14.0. The van der Waals surface area contributed by atoms with E-state index >= 15 is 0 Å². The quantitative estimate of drug-likeness (QED) is 0.766. The Morgan fingerprint density at radius 1 is 1.11 bits per heavy atom. The van der Waals surface area contributed by atoms with Crippen LogP contribution in [0.25, 0.3) is 10.8 Å². The monoisotopic (exact) mass is 379 g/mol. The third-order valence-electron chi connectivity index (χ3n) is 2.98. The van der Waals surface area contributed by atoms with E-state index in [0.717, 1.165) is 19.9 Å². The molecule has 5 heteroatoms. The summed E-state index contributed by atoms with van der Waals surface area (Å²) >= 11 is 2.23. The highest BCUT2D eigenvalue weighted by molar-refractivity contribution is 14.1. The van der Waals surface area contributed by atoms with Crippen LogP contribution in [0.15, 0.2) is 36.4 Å². The lowest BCUT2D eigenvalue weighted by Crippen LogP contribution is -2.30. The summed E-state index contributed by atoms with van der Waals surface area (Å²) in [5.41, 5.74) is 0.889. The van der Waals surface area contributed by atoms with Crippen molar-refractivity contribution < 1.29 is 13.2 Å². The molecule has 1 atom stereocenters. The predicted octanol–water partition coefficient (Wildman–Crippen LogP) is 4.66. The third kappa shape index (κ3) is 3.60. The molecule has 2 rings (SSSR count). The maximum Gasteiger partial charge on any atom is 0.401 e. The van der Waals surface area contributed by atoms with Gasteiger partial charge in [-0.2, -0.15) is 13.2 Å². The molecular weight excluding hydrogens is 366 g/mol. The summed E-state index contributed by atoms with van der Waals surface area (Å²) in [6.45, 7) is 0.773. The van der Waals surface area contributed by atoms with E-state index in [2.05, 4.69) is 27.9 Å². The van der Waals surface area contributed by atoms with Crippen molar-refractivity contribution >= 4 is 33.4 Å². The number of rotatable bonds is 3. The van der Waals surface area contributed by atoms with Gasteiger partial charge in [-0.25, -0.2) is 0 Å². The Bertz CT molecular complexity index is 580. The van der Waals surface area contributed by atoms with Gasteiger partial charge >= 0.3 is 6.18 Å². The Balaban J connectivity index is 2.32. The van der Waals surface area contributed by atoms with Crippen molar-refractivity contribution in [2.75, 3.05) is 6.54 Å². The van der Waals surface area contributed by atoms with Crippen molar-refractivity contribution in [1.29, 1.82) is 0 Å². The number of nitrogens with one attached hydrogen (secondary N) is 1. The van der Waals surface area contributed by atoms with Crippen LogP contribution >= 0.6 is 22.6 Å². The fourth-order valence-corrected chi connectivity index (χ4v) is 2.69. The van der Waals surface area contributed by atoms with Gasteiger partial charge in [0.15, 0.2) is 0 Å². The average Bonchev–Trinajstić information content (AvgIpc) is 2.36. The molecule has 102 valence electrons. The SMILES string of the molecule is CC(NCC(F)(F)F)c1ccc(I)c2ccccc12. The Kier molecular flexibility index (Phi) is 4.35. The van der Waals surface area contributed by atoms with Gasteiger partial charge in [-0.05, 0) is 51.9 Å². The molecule has 0 saturated carbocycles. The van der Waals surface area contributed by atoms with E-state index in [1.54, 1.807) is 6.92 Å². The molecule has 2 aromatic carbocycles. The molecule has 0 aliphatic carbocycles. The first-order chi connectivity index (χ1) is 8.88. The molecule has 0 spiro atoms. The van der Waals surface area contributed by atoms with Gasteiger partial charge < -0.3 is 5.32 Å². The van der Waals surface area contributed by atoms with Crippen LogP contribution in [0.4, 0.5) is 13.2 Å². The lowest BCUT2D eigenvalue weighted by atomic mass is 10.00. The molecule has 1 N–H and O–H groups in total. The predicted molar refractivity (Wildman–Crippen MR) is 79.1 cm³/mol. The van der Waals surface area contributed by atoms with Gasteiger partial charge in [0.2, 0.25) is 0 Å². The Labute approximate surface area is 123 Å². The lowest BCUT2D eigenvalue weighted by molar-refractivity contribution is -0.126. The second-order valence-corrected chi connectivity index (χ2v) is 5.56. The van der Waals surface area contributed by atoms with E-state index in [9.17, 15) is 13.2 Å². The maximum atomic E-state index is 12.2. The number of benzene rings is 2. The number of halogens is 4. The van der Waals surface area contributed by atoms with Crippen LogP contribution in [-0.2, 0) is 0 Å². The van der Waals surface area contributed by atoms with E-state index < -0.39 is 12.7 Å². The minimum atomic E-state index is -4.19. The van der Waals surface area contributed by atoms with Gasteiger partial charge in [0.1, 0.15) is 0 Å². The average molecular weight is 379 g/mol. The van der Waals surface area contributed by atoms with Crippen LogP contribution < -0.4 is 5.32 Å². The summed E-state index contributed by atoms with van der Waals surface area (Å²) in [6.07, 6.45) is -4.19. The molecule has 0 fully saturated rings. The van der Waals surface area contributed by atoms with Crippen molar-refractivity contribution in [2.45, 2.75) is 19.1 Å². The minimum Gasteiger partial charge on any atom is -0.302 e. The number of hydrogen-bond donors (Lipinski definition) is 1. The molecular formula is C14H13F3IN. The van der Waals surface area contributed by atoms with Crippen LogP contribution in [0, 0.1) is 3.57 Å². The third-order valence-corrected chi connectivity index (χ3v) is 3.92. The molecule has 0 heterocycles. The zero-order valence-corrected chi connectivity index (χ0v) is 12.4. The van der Waals surface area contributed by atoms with Gasteiger partial charge in [0.25, 0.3) is 0 Å². The number of hydrogen-bond acceptors (Lipinski definition) is 1. The molecule has 1 nitrogen and oxygen atoms in total. The number of alkyl halides is 3. The fourth-order valence-electron chi connectivity index (χ4n) is 2.04. The van der Waals surface area contributed by atoms with E-state index in [-0.39, 0.29) is 6.04 Å². The highest BCUT2D eigenvalue weighted by Gasteiger charge is 2.27. The molecule has 0 saturated heterocycles. The zero-order valence-electron chi connectivity index (χ0n) is 10.3. The molecule has 0 aliphatic heterocycles. The molecule has 0 bridgehead atoms. The second kappa shape index (κ2) is 5.66. The van der Waals surface area contributed by atoms with Crippen LogP contribution in [0.1, 0.15) is 18.5 Å². The first-order valence-electron chi connectivity index (χ1n) is 5.86. The Hall–Kier alpha value is -0.820. The van der Waals surface area contributed by atoms with Crippen molar-refractivity contribution in [3.63, 3.8) is 0 Å². The molecule has 0 amide bonds. The summed E-state index contributed by atoms with van der Waals surface area (Å²) in [6, 6.07) is 11.2. The standard InChI is InChI=1S/C14H13F3IN/c1-9(19-8-14(15,16)17)10-6-7-13(18)12-5-3-2-4-11(10)12/h2-7,9,19H,8H2,1H3. The Morgan fingerprint density at radius 3 is 2.37 bits per heavy atom. The summed E-state index contributed by atoms with van der Waals surface area (Å²) in [5.74, 6) is 0. The normalized spacial score (nSPS) is 13.7. The summed E-state index contributed by atoms with van der Waals surface area (Å²) in [5, 5.41) is 4.59. The summed E-state index contributed by atoms with van der Waals surface area (Å²) in [4.78, 5) is 0. The molecule has 2 aromatic rings. The molecule has 0 aliphatic rings. The topological polar surface area (TPSA) is 12.0 Å². The van der Waals surface area contributed by atoms with Crippen molar-refractivity contribution in [2.24, 2.45) is 0 Å². The highest BCUT2D eigenvalue weighted by atomic mass is 127. The van der Waals surface area contributed by atoms with Gasteiger partial charge in [-0.15, -0.1) is 0 Å². The summed E-state index contributed by atoms with van der Waals surface area (Å²) < 4.78 is 37.8. The fraction of sp³-hybridized carbons (Fsp3) is 0.286. The van der Waals surface area contributed by atoms with Gasteiger partial charge in [0, 0.05) is 9.61 Å². The lowest BCUT2D eigenvalue weighted by Gasteiger charge is -2.18. The maximum absolute atomic E-state index is 12.2. The highest BCUT2D eigenvalue weighted by Crippen LogP contribution is 2.28. The Morgan fingerprint density at radius 2 is 1.74 bits per heavy atom. The first-order valence-corrected chi connectivity index (χ1v) is 6.93. The largest absolute Gasteiger partial charge is 0.401 e. The van der Waals surface area contributed by atoms with E-state index in [1.165, 1.54) is 0 Å². The smallest absolute Gasteiger partial charge is 0.302 e. The van der Waals surface area contributed by atoms with Crippen LogP contribution in [0.3, 0.4) is 0 Å². The summed E-state index contributed by atoms with van der Waals surface area (Å²) in [7, 11) is 0.